The molecule has 1 aliphatic rings. The lowest BCUT2D eigenvalue weighted by atomic mass is 9.98. The summed E-state index contributed by atoms with van der Waals surface area (Å²) in [6.07, 6.45) is 4.56. The van der Waals surface area contributed by atoms with Gasteiger partial charge in [0.1, 0.15) is 0 Å². The van der Waals surface area contributed by atoms with Gasteiger partial charge >= 0.3 is 6.09 Å². The number of benzene rings is 2. The molecule has 0 unspecified atom stereocenters. The second-order valence-corrected chi connectivity index (χ2v) is 7.36. The van der Waals surface area contributed by atoms with Crippen LogP contribution in [0.4, 0.5) is 10.5 Å². The molecule has 1 aliphatic heterocycles. The van der Waals surface area contributed by atoms with E-state index >= 15 is 0 Å². The molecular formula is C22H24N4O2. The van der Waals surface area contributed by atoms with Crippen molar-refractivity contribution >= 4 is 22.6 Å². The van der Waals surface area contributed by atoms with Crippen molar-refractivity contribution in [2.45, 2.75) is 25.4 Å². The Bertz CT molecular complexity index is 979. The molecule has 144 valence electrons. The van der Waals surface area contributed by atoms with Crippen LogP contribution < -0.4 is 11.1 Å². The van der Waals surface area contributed by atoms with Crippen LogP contribution in [0, 0.1) is 0 Å². The largest absolute Gasteiger partial charge is 0.465 e. The molecule has 0 radical (unpaired) electrons. The number of fused-ring (bicyclic) bond motifs is 1. The number of nitrogen functional groups attached to an aromatic ring is 1. The van der Waals surface area contributed by atoms with Gasteiger partial charge in [0, 0.05) is 54.7 Å². The maximum absolute atomic E-state index is 10.8. The third-order valence-electron chi connectivity index (χ3n) is 5.37. The molecule has 0 spiro atoms. The van der Waals surface area contributed by atoms with Gasteiger partial charge in [-0.1, -0.05) is 24.3 Å². The highest BCUT2D eigenvalue weighted by Gasteiger charge is 2.20. The van der Waals surface area contributed by atoms with Gasteiger partial charge in [0.05, 0.1) is 0 Å². The van der Waals surface area contributed by atoms with Crippen molar-refractivity contribution in [3.8, 4) is 11.1 Å². The minimum atomic E-state index is -0.934. The van der Waals surface area contributed by atoms with Gasteiger partial charge in [-0.2, -0.15) is 0 Å². The summed E-state index contributed by atoms with van der Waals surface area (Å²) in [6, 6.07) is 14.5. The molecule has 6 heteroatoms. The number of rotatable bonds is 4. The average Bonchev–Trinajstić information content (AvgIpc) is 2.69. The Morgan fingerprint density at radius 2 is 1.89 bits per heavy atom. The van der Waals surface area contributed by atoms with Crippen molar-refractivity contribution in [3.63, 3.8) is 0 Å². The second-order valence-electron chi connectivity index (χ2n) is 7.36. The van der Waals surface area contributed by atoms with Gasteiger partial charge in [-0.15, -0.1) is 0 Å². The summed E-state index contributed by atoms with van der Waals surface area (Å²) in [4.78, 5) is 17.6. The molecular weight excluding hydrogens is 352 g/mol. The molecule has 1 amide bonds. The molecule has 4 N–H and O–H groups in total. The van der Waals surface area contributed by atoms with Crippen LogP contribution in [0.15, 0.2) is 54.9 Å². The minimum Gasteiger partial charge on any atom is -0.465 e. The standard InChI is InChI=1S/C22H24N4O2/c23-18-5-3-16(4-6-18)21-13-24-12-17-2-1-15(11-20(17)21)14-26-9-7-19(8-10-26)25-22(27)28/h1-6,11-13,19,25H,7-10,14,23H2,(H,27,28). The summed E-state index contributed by atoms with van der Waals surface area (Å²) >= 11 is 0. The van der Waals surface area contributed by atoms with Crippen molar-refractivity contribution in [2.24, 2.45) is 0 Å². The number of carbonyl (C=O) groups is 1. The van der Waals surface area contributed by atoms with Crippen molar-refractivity contribution in [2.75, 3.05) is 18.8 Å². The maximum atomic E-state index is 10.8. The van der Waals surface area contributed by atoms with Gasteiger partial charge in [0.2, 0.25) is 0 Å². The van der Waals surface area contributed by atoms with Gasteiger partial charge in [-0.25, -0.2) is 4.79 Å². The molecule has 6 nitrogen and oxygen atoms in total. The Hall–Kier alpha value is -3.12. The van der Waals surface area contributed by atoms with E-state index in [1.165, 1.54) is 10.9 Å². The number of pyridine rings is 1. The number of anilines is 1. The highest BCUT2D eigenvalue weighted by molar-refractivity contribution is 5.96. The van der Waals surface area contributed by atoms with Gasteiger partial charge in [0.15, 0.2) is 0 Å². The van der Waals surface area contributed by atoms with Crippen molar-refractivity contribution in [1.29, 1.82) is 0 Å². The molecule has 0 bridgehead atoms. The van der Waals surface area contributed by atoms with Crippen molar-refractivity contribution < 1.29 is 9.90 Å². The fourth-order valence-corrected chi connectivity index (χ4v) is 3.87. The van der Waals surface area contributed by atoms with E-state index in [1.807, 2.05) is 36.7 Å². The van der Waals surface area contributed by atoms with E-state index in [2.05, 4.69) is 33.4 Å². The number of nitrogens with one attached hydrogen (secondary N) is 1. The summed E-state index contributed by atoms with van der Waals surface area (Å²) in [5.41, 5.74) is 10.0. The van der Waals surface area contributed by atoms with E-state index in [-0.39, 0.29) is 6.04 Å². The zero-order valence-electron chi connectivity index (χ0n) is 15.6. The van der Waals surface area contributed by atoms with E-state index in [4.69, 9.17) is 10.8 Å². The Balaban J connectivity index is 1.54. The third-order valence-corrected chi connectivity index (χ3v) is 5.37. The summed E-state index contributed by atoms with van der Waals surface area (Å²) in [7, 11) is 0. The Labute approximate surface area is 164 Å². The predicted molar refractivity (Wildman–Crippen MR) is 111 cm³/mol. The summed E-state index contributed by atoms with van der Waals surface area (Å²) in [6.45, 7) is 2.65. The topological polar surface area (TPSA) is 91.5 Å². The van der Waals surface area contributed by atoms with Crippen LogP contribution in [0.2, 0.25) is 0 Å². The fourth-order valence-electron chi connectivity index (χ4n) is 3.87. The van der Waals surface area contributed by atoms with Gasteiger partial charge < -0.3 is 16.2 Å². The lowest BCUT2D eigenvalue weighted by molar-refractivity contribution is 0.165. The first kappa shape index (κ1) is 18.3. The Kier molecular flexibility index (Phi) is 5.12. The lowest BCUT2D eigenvalue weighted by Crippen LogP contribution is -2.43. The molecule has 0 atom stereocenters. The molecule has 1 fully saturated rings. The van der Waals surface area contributed by atoms with E-state index in [9.17, 15) is 4.79 Å². The smallest absolute Gasteiger partial charge is 0.404 e. The van der Waals surface area contributed by atoms with Crippen molar-refractivity contribution in [1.82, 2.24) is 15.2 Å². The molecule has 0 saturated carbocycles. The first-order valence-corrected chi connectivity index (χ1v) is 9.53. The first-order valence-electron chi connectivity index (χ1n) is 9.53. The summed E-state index contributed by atoms with van der Waals surface area (Å²) in [5, 5.41) is 13.8. The van der Waals surface area contributed by atoms with Crippen LogP contribution >= 0.6 is 0 Å². The number of nitrogens with two attached hydrogens (primary N) is 1. The number of carboxylic acid groups (broad SMARTS) is 1. The van der Waals surface area contributed by atoms with Crippen LogP contribution in [0.3, 0.4) is 0 Å². The van der Waals surface area contributed by atoms with Crippen LogP contribution in [-0.2, 0) is 6.54 Å². The first-order chi connectivity index (χ1) is 13.6. The van der Waals surface area contributed by atoms with Crippen LogP contribution in [0.1, 0.15) is 18.4 Å². The van der Waals surface area contributed by atoms with Crippen LogP contribution in [-0.4, -0.2) is 40.2 Å². The van der Waals surface area contributed by atoms with E-state index in [0.717, 1.165) is 54.7 Å². The van der Waals surface area contributed by atoms with Crippen LogP contribution in [0.25, 0.3) is 21.9 Å². The van der Waals surface area contributed by atoms with Gasteiger partial charge in [0.25, 0.3) is 0 Å². The number of amides is 1. The van der Waals surface area contributed by atoms with Crippen LogP contribution in [0.5, 0.6) is 0 Å². The molecule has 1 aromatic heterocycles. The number of nitrogens with zero attached hydrogens (tertiary/aromatic N) is 2. The minimum absolute atomic E-state index is 0.0635. The zero-order chi connectivity index (χ0) is 19.5. The molecule has 0 aliphatic carbocycles. The predicted octanol–water partition coefficient (Wildman–Crippen LogP) is 3.72. The number of piperidine rings is 1. The summed E-state index contributed by atoms with van der Waals surface area (Å²) in [5.74, 6) is 0. The number of hydrogen-bond acceptors (Lipinski definition) is 4. The van der Waals surface area contributed by atoms with Crippen molar-refractivity contribution in [3.05, 3.63) is 60.4 Å². The molecule has 28 heavy (non-hydrogen) atoms. The van der Waals surface area contributed by atoms with E-state index in [0.29, 0.717) is 0 Å². The van der Waals surface area contributed by atoms with Gasteiger partial charge in [-0.05, 0) is 47.6 Å². The quantitative estimate of drug-likeness (QED) is 0.604. The number of likely N-dealkylation sites (tertiary alicyclic amines) is 1. The number of hydrogen-bond donors (Lipinski definition) is 3. The zero-order valence-corrected chi connectivity index (χ0v) is 15.6. The second kappa shape index (κ2) is 7.86. The maximum Gasteiger partial charge on any atom is 0.404 e. The SMILES string of the molecule is Nc1ccc(-c2cncc3ccc(CN4CCC(NC(=O)O)CC4)cc23)cc1. The van der Waals surface area contributed by atoms with Gasteiger partial charge in [-0.3, -0.25) is 9.88 Å². The Morgan fingerprint density at radius 1 is 1.14 bits per heavy atom. The Morgan fingerprint density at radius 3 is 2.61 bits per heavy atom. The highest BCUT2D eigenvalue weighted by atomic mass is 16.4. The highest BCUT2D eigenvalue weighted by Crippen LogP contribution is 2.29. The lowest BCUT2D eigenvalue weighted by Gasteiger charge is -2.31. The van der Waals surface area contributed by atoms with E-state index < -0.39 is 6.09 Å². The number of aromatic nitrogens is 1. The monoisotopic (exact) mass is 376 g/mol. The fraction of sp³-hybridized carbons (Fsp3) is 0.273. The molecule has 3 aromatic rings. The third kappa shape index (κ3) is 4.07. The molecule has 2 aromatic carbocycles. The molecule has 1 saturated heterocycles. The average molecular weight is 376 g/mol. The normalized spacial score (nSPS) is 15.6. The molecule has 4 rings (SSSR count). The molecule has 2 heterocycles. The summed E-state index contributed by atoms with van der Waals surface area (Å²) < 4.78 is 0. The van der Waals surface area contributed by atoms with E-state index in [1.54, 1.807) is 0 Å².